The smallest absolute Gasteiger partial charge is 0.369 e. The van der Waals surface area contributed by atoms with E-state index in [9.17, 15) is 26.7 Å². The number of aromatic nitrogens is 1. The Kier molecular flexibility index (Phi) is 7.82. The quantitative estimate of drug-likeness (QED) is 0.470. The maximum atomic E-state index is 13.3. The van der Waals surface area contributed by atoms with Gasteiger partial charge in [0.2, 0.25) is 0 Å². The number of ether oxygens (including phenoxy) is 1. The van der Waals surface area contributed by atoms with Crippen LogP contribution in [-0.4, -0.2) is 40.5 Å². The van der Waals surface area contributed by atoms with Crippen molar-refractivity contribution in [1.82, 2.24) is 9.88 Å². The average molecular weight is 525 g/mol. The third kappa shape index (κ3) is 6.08. The molecule has 0 spiro atoms. The number of amides is 1. The van der Waals surface area contributed by atoms with E-state index in [0.29, 0.717) is 43.2 Å². The van der Waals surface area contributed by atoms with E-state index in [-0.39, 0.29) is 29.4 Å². The van der Waals surface area contributed by atoms with Crippen LogP contribution in [0.5, 0.6) is 0 Å². The van der Waals surface area contributed by atoms with E-state index in [1.165, 1.54) is 11.1 Å². The number of pyridine rings is 1. The van der Waals surface area contributed by atoms with Crippen LogP contribution in [0.1, 0.15) is 62.3 Å². The lowest BCUT2D eigenvalue weighted by Crippen LogP contribution is -2.42. The normalized spacial score (nSPS) is 22.7. The Labute approximate surface area is 211 Å². The molecule has 1 aromatic heterocycles. The lowest BCUT2D eigenvalue weighted by Gasteiger charge is -2.29. The van der Waals surface area contributed by atoms with Gasteiger partial charge in [-0.2, -0.15) is 22.0 Å². The molecule has 2 N–H and O–H groups in total. The number of carbonyl (C=O) groups is 1. The first-order valence-corrected chi connectivity index (χ1v) is 12.2. The average Bonchev–Trinajstić information content (AvgIpc) is 3.13. The molecule has 0 bridgehead atoms. The van der Waals surface area contributed by atoms with Gasteiger partial charge >= 0.3 is 12.8 Å². The summed E-state index contributed by atoms with van der Waals surface area (Å²) in [5, 5.41) is 0. The first kappa shape index (κ1) is 27.0. The van der Waals surface area contributed by atoms with Crippen molar-refractivity contribution in [3.05, 3.63) is 53.3 Å². The number of hydrogen-bond donors (Lipinski definition) is 1. The molecule has 1 aliphatic carbocycles. The minimum Gasteiger partial charge on any atom is -0.369 e. The highest BCUT2D eigenvalue weighted by molar-refractivity contribution is 6.05. The van der Waals surface area contributed by atoms with Crippen LogP contribution in [-0.2, 0) is 22.1 Å². The molecule has 2 aliphatic rings. The van der Waals surface area contributed by atoms with E-state index in [1.807, 2.05) is 13.8 Å². The fourth-order valence-corrected chi connectivity index (χ4v) is 5.11. The topological polar surface area (TPSA) is 80.8 Å². The van der Waals surface area contributed by atoms with Crippen molar-refractivity contribution >= 4 is 11.9 Å². The molecule has 1 atom stereocenters. The maximum absolute atomic E-state index is 13.3. The lowest BCUT2D eigenvalue weighted by atomic mass is 9.81. The Morgan fingerprint density at radius 3 is 2.38 bits per heavy atom. The largest absolute Gasteiger partial charge is 0.417 e. The second kappa shape index (κ2) is 10.7. The summed E-state index contributed by atoms with van der Waals surface area (Å²) >= 11 is 0. The van der Waals surface area contributed by atoms with E-state index >= 15 is 0 Å². The van der Waals surface area contributed by atoms with Crippen molar-refractivity contribution < 1.29 is 31.5 Å². The van der Waals surface area contributed by atoms with Gasteiger partial charge in [-0.3, -0.25) is 14.7 Å². The van der Waals surface area contributed by atoms with Crippen LogP contribution >= 0.6 is 0 Å². The molecule has 1 amide bonds. The number of rotatable bonds is 7. The lowest BCUT2D eigenvalue weighted by molar-refractivity contribution is -0.171. The molecular weight excluding hydrogens is 495 g/mol. The molecule has 1 saturated carbocycles. The molecule has 0 radical (unpaired) electrons. The number of carbonyl (C=O) groups excluding carboxylic acids is 1. The van der Waals surface area contributed by atoms with E-state index in [1.54, 1.807) is 18.2 Å². The second-order valence-corrected chi connectivity index (χ2v) is 9.81. The fourth-order valence-electron chi connectivity index (χ4n) is 5.11. The third-order valence-corrected chi connectivity index (χ3v) is 6.93. The minimum atomic E-state index is -4.55. The Morgan fingerprint density at radius 1 is 1.08 bits per heavy atom. The predicted octanol–water partition coefficient (Wildman–Crippen LogP) is 5.71. The summed E-state index contributed by atoms with van der Waals surface area (Å²) in [4.78, 5) is 22.8. The first-order chi connectivity index (χ1) is 17.4. The van der Waals surface area contributed by atoms with Gasteiger partial charge in [0.05, 0.1) is 11.7 Å². The highest BCUT2D eigenvalue weighted by Crippen LogP contribution is 2.37. The highest BCUT2D eigenvalue weighted by Gasteiger charge is 2.38. The van der Waals surface area contributed by atoms with Crippen molar-refractivity contribution in [2.45, 2.75) is 76.9 Å². The molecule has 1 aliphatic heterocycles. The second-order valence-electron chi connectivity index (χ2n) is 9.81. The minimum absolute atomic E-state index is 0.0896. The van der Waals surface area contributed by atoms with Gasteiger partial charge in [0, 0.05) is 24.0 Å². The summed E-state index contributed by atoms with van der Waals surface area (Å²) in [5.41, 5.74) is 7.29. The predicted molar refractivity (Wildman–Crippen MR) is 128 cm³/mol. The zero-order valence-electron chi connectivity index (χ0n) is 20.5. The molecule has 37 heavy (non-hydrogen) atoms. The number of nitrogens with two attached hydrogens (primary N) is 1. The number of nitrogens with zero attached hydrogens (tertiary/aromatic N) is 3. The van der Waals surface area contributed by atoms with Gasteiger partial charge < -0.3 is 10.5 Å². The van der Waals surface area contributed by atoms with Crippen molar-refractivity contribution in [3.63, 3.8) is 0 Å². The Bertz CT molecular complexity index is 1160. The van der Waals surface area contributed by atoms with Crippen molar-refractivity contribution in [3.8, 4) is 11.1 Å². The number of halogens is 5. The molecule has 1 unspecified atom stereocenters. The van der Waals surface area contributed by atoms with Gasteiger partial charge in [0.1, 0.15) is 0 Å². The van der Waals surface area contributed by atoms with E-state index < -0.39 is 30.5 Å². The van der Waals surface area contributed by atoms with Crippen LogP contribution in [0.25, 0.3) is 11.1 Å². The summed E-state index contributed by atoms with van der Waals surface area (Å²) in [6, 6.07) is 5.06. The van der Waals surface area contributed by atoms with Crippen LogP contribution in [0, 0.1) is 5.92 Å². The number of guanidine groups is 1. The molecule has 200 valence electrons. The van der Waals surface area contributed by atoms with Crippen LogP contribution in [0.4, 0.5) is 22.0 Å². The molecule has 0 saturated heterocycles. The Balaban J connectivity index is 1.67. The summed E-state index contributed by atoms with van der Waals surface area (Å²) in [6.45, 7) is 0.828. The Morgan fingerprint density at radius 2 is 1.78 bits per heavy atom. The standard InChI is InChI=1S/C26H29F5N4O2/c1-14(2)35-23(36)22(34-25(35)32)21-11-16(18-10-19(13-33-12-18)26(29,30)31)5-6-17(21)9-15-3-7-20(8-4-15)37-24(27)28/h5-6,10-15,20,22,24H,3-4,7-9H2,1-2H3,(H2,32,34). The van der Waals surface area contributed by atoms with Gasteiger partial charge in [0.25, 0.3) is 5.91 Å². The first-order valence-electron chi connectivity index (χ1n) is 12.2. The van der Waals surface area contributed by atoms with Crippen molar-refractivity contribution in [2.75, 3.05) is 0 Å². The number of hydrogen-bond acceptors (Lipinski definition) is 5. The van der Waals surface area contributed by atoms with Gasteiger partial charge in [-0.25, -0.2) is 4.99 Å². The summed E-state index contributed by atoms with van der Waals surface area (Å²) in [5.74, 6) is -0.0368. The SMILES string of the molecule is CC(C)N1C(=O)C(c2cc(-c3cncc(C(F)(F)F)c3)ccc2CC2CCC(OC(F)F)CC2)N=C1N. The van der Waals surface area contributed by atoms with Gasteiger partial charge in [-0.05, 0) is 80.7 Å². The molecule has 2 aromatic rings. The summed E-state index contributed by atoms with van der Waals surface area (Å²) < 4.78 is 69.6. The molecular formula is C26H29F5N4O2. The molecule has 6 nitrogen and oxygen atoms in total. The molecule has 2 heterocycles. The van der Waals surface area contributed by atoms with E-state index in [2.05, 4.69) is 14.7 Å². The number of alkyl halides is 5. The monoisotopic (exact) mass is 524 g/mol. The van der Waals surface area contributed by atoms with Gasteiger partial charge in [-0.15, -0.1) is 0 Å². The van der Waals surface area contributed by atoms with Crippen molar-refractivity contribution in [2.24, 2.45) is 16.6 Å². The van der Waals surface area contributed by atoms with Crippen molar-refractivity contribution in [1.29, 1.82) is 0 Å². The maximum Gasteiger partial charge on any atom is 0.417 e. The zero-order chi connectivity index (χ0) is 26.9. The van der Waals surface area contributed by atoms with Crippen LogP contribution in [0.15, 0.2) is 41.7 Å². The summed E-state index contributed by atoms with van der Waals surface area (Å²) in [6.07, 6.45) is 0.0177. The van der Waals surface area contributed by atoms with Crippen LogP contribution in [0.2, 0.25) is 0 Å². The van der Waals surface area contributed by atoms with Gasteiger partial charge in [-0.1, -0.05) is 12.1 Å². The van der Waals surface area contributed by atoms with Crippen LogP contribution in [0.3, 0.4) is 0 Å². The van der Waals surface area contributed by atoms with Gasteiger partial charge in [0.15, 0.2) is 12.0 Å². The molecule has 1 fully saturated rings. The van der Waals surface area contributed by atoms with E-state index in [4.69, 9.17) is 5.73 Å². The summed E-state index contributed by atoms with van der Waals surface area (Å²) in [7, 11) is 0. The molecule has 11 heteroatoms. The highest BCUT2D eigenvalue weighted by atomic mass is 19.4. The zero-order valence-corrected chi connectivity index (χ0v) is 20.5. The Hall–Kier alpha value is -3.08. The molecule has 4 rings (SSSR count). The van der Waals surface area contributed by atoms with Crippen LogP contribution < -0.4 is 5.73 Å². The molecule has 1 aromatic carbocycles. The number of aliphatic imine (C=N–C) groups is 1. The number of benzene rings is 1. The fraction of sp³-hybridized carbons (Fsp3) is 0.500. The van der Waals surface area contributed by atoms with E-state index in [0.717, 1.165) is 17.8 Å². The third-order valence-electron chi connectivity index (χ3n) is 6.93.